The van der Waals surface area contributed by atoms with Gasteiger partial charge in [-0.3, -0.25) is 0 Å². The zero-order valence-electron chi connectivity index (χ0n) is 11.4. The maximum atomic E-state index is 6.16. The fraction of sp³-hybridized carbons (Fsp3) is 0.571. The van der Waals surface area contributed by atoms with Crippen LogP contribution in [-0.4, -0.2) is 24.3 Å². The van der Waals surface area contributed by atoms with Crippen molar-refractivity contribution in [1.82, 2.24) is 5.32 Å². The number of benzene rings is 1. The highest BCUT2D eigenvalue weighted by Gasteiger charge is 2.18. The summed E-state index contributed by atoms with van der Waals surface area (Å²) in [6, 6.07) is 4.44. The molecule has 0 fully saturated rings. The second-order valence-electron chi connectivity index (χ2n) is 4.58. The summed E-state index contributed by atoms with van der Waals surface area (Å²) in [4.78, 5) is 0. The largest absolute Gasteiger partial charge is 0.454 e. The normalized spacial score (nSPS) is 14.7. The van der Waals surface area contributed by atoms with E-state index in [2.05, 4.69) is 19.2 Å². The average molecular weight is 302 g/mol. The van der Waals surface area contributed by atoms with E-state index in [1.54, 1.807) is 0 Å². The van der Waals surface area contributed by atoms with E-state index in [1.807, 2.05) is 23.9 Å². The van der Waals surface area contributed by atoms with E-state index in [9.17, 15) is 0 Å². The molecule has 2 rings (SSSR count). The highest BCUT2D eigenvalue weighted by molar-refractivity contribution is 7.99. The fourth-order valence-corrected chi connectivity index (χ4v) is 3.02. The van der Waals surface area contributed by atoms with Gasteiger partial charge >= 0.3 is 0 Å². The van der Waals surface area contributed by atoms with Gasteiger partial charge in [0.15, 0.2) is 11.5 Å². The van der Waals surface area contributed by atoms with Crippen LogP contribution in [0.1, 0.15) is 25.8 Å². The molecule has 0 saturated carbocycles. The Morgan fingerprint density at radius 1 is 1.42 bits per heavy atom. The molecule has 1 atom stereocenters. The Bertz CT molecular complexity index is 428. The first-order valence-electron chi connectivity index (χ1n) is 6.60. The molecule has 0 bridgehead atoms. The van der Waals surface area contributed by atoms with Gasteiger partial charge in [0.1, 0.15) is 0 Å². The molecule has 1 aliphatic rings. The zero-order valence-corrected chi connectivity index (χ0v) is 12.9. The SMILES string of the molecule is CCSCCC(C)NCc1cc(Cl)c2c(c1)OCO2. The van der Waals surface area contributed by atoms with Crippen LogP contribution in [0, 0.1) is 0 Å². The van der Waals surface area contributed by atoms with Crippen molar-refractivity contribution >= 4 is 23.4 Å². The molecular weight excluding hydrogens is 282 g/mol. The summed E-state index contributed by atoms with van der Waals surface area (Å²) in [6.45, 7) is 5.47. The molecule has 1 unspecified atom stereocenters. The van der Waals surface area contributed by atoms with Gasteiger partial charge < -0.3 is 14.8 Å². The van der Waals surface area contributed by atoms with Gasteiger partial charge in [-0.25, -0.2) is 0 Å². The van der Waals surface area contributed by atoms with Crippen LogP contribution in [0.3, 0.4) is 0 Å². The number of fused-ring (bicyclic) bond motifs is 1. The highest BCUT2D eigenvalue weighted by Crippen LogP contribution is 2.39. The van der Waals surface area contributed by atoms with Crippen LogP contribution in [0.25, 0.3) is 0 Å². The molecule has 1 aromatic carbocycles. The van der Waals surface area contributed by atoms with E-state index in [1.165, 1.54) is 17.9 Å². The van der Waals surface area contributed by atoms with E-state index in [0.717, 1.165) is 17.9 Å². The summed E-state index contributed by atoms with van der Waals surface area (Å²) in [5.41, 5.74) is 1.13. The Kier molecular flexibility index (Phi) is 5.67. The smallest absolute Gasteiger partial charge is 0.231 e. The van der Waals surface area contributed by atoms with Crippen molar-refractivity contribution in [3.05, 3.63) is 22.7 Å². The molecule has 1 N–H and O–H groups in total. The third kappa shape index (κ3) is 4.20. The molecule has 0 saturated heterocycles. The van der Waals surface area contributed by atoms with Gasteiger partial charge in [0.25, 0.3) is 0 Å². The zero-order chi connectivity index (χ0) is 13.7. The number of hydrogen-bond acceptors (Lipinski definition) is 4. The molecule has 0 amide bonds. The van der Waals surface area contributed by atoms with Crippen molar-refractivity contribution in [2.24, 2.45) is 0 Å². The maximum Gasteiger partial charge on any atom is 0.231 e. The summed E-state index contributed by atoms with van der Waals surface area (Å²) in [6.07, 6.45) is 1.18. The van der Waals surface area contributed by atoms with Crippen LogP contribution in [0.2, 0.25) is 5.02 Å². The summed E-state index contributed by atoms with van der Waals surface area (Å²) in [7, 11) is 0. The molecule has 1 aliphatic heterocycles. The summed E-state index contributed by atoms with van der Waals surface area (Å²) in [5.74, 6) is 3.80. The molecule has 1 heterocycles. The van der Waals surface area contributed by atoms with Crippen molar-refractivity contribution in [2.45, 2.75) is 32.9 Å². The van der Waals surface area contributed by atoms with E-state index in [-0.39, 0.29) is 6.79 Å². The van der Waals surface area contributed by atoms with Gasteiger partial charge in [-0.1, -0.05) is 18.5 Å². The van der Waals surface area contributed by atoms with Crippen molar-refractivity contribution in [2.75, 3.05) is 18.3 Å². The minimum absolute atomic E-state index is 0.260. The van der Waals surface area contributed by atoms with E-state index in [4.69, 9.17) is 21.1 Å². The second kappa shape index (κ2) is 7.27. The topological polar surface area (TPSA) is 30.5 Å². The number of halogens is 1. The fourth-order valence-electron chi connectivity index (χ4n) is 1.92. The highest BCUT2D eigenvalue weighted by atomic mass is 35.5. The molecular formula is C14H20ClNO2S. The minimum Gasteiger partial charge on any atom is -0.454 e. The van der Waals surface area contributed by atoms with Gasteiger partial charge in [0.2, 0.25) is 6.79 Å². The van der Waals surface area contributed by atoms with Gasteiger partial charge in [-0.15, -0.1) is 0 Å². The lowest BCUT2D eigenvalue weighted by Crippen LogP contribution is -2.26. The minimum atomic E-state index is 0.260. The lowest BCUT2D eigenvalue weighted by Gasteiger charge is -2.14. The maximum absolute atomic E-state index is 6.16. The number of hydrogen-bond donors (Lipinski definition) is 1. The molecule has 1 aromatic rings. The standard InChI is InChI=1S/C14H20ClNO2S/c1-3-19-5-4-10(2)16-8-11-6-12(15)14-13(7-11)17-9-18-14/h6-7,10,16H,3-5,8-9H2,1-2H3. The number of ether oxygens (including phenoxy) is 2. The first-order chi connectivity index (χ1) is 9.20. The van der Waals surface area contributed by atoms with Crippen LogP contribution < -0.4 is 14.8 Å². The van der Waals surface area contributed by atoms with Crippen LogP contribution in [0.15, 0.2) is 12.1 Å². The Hall–Kier alpha value is -0.580. The van der Waals surface area contributed by atoms with E-state index >= 15 is 0 Å². The predicted molar refractivity (Wildman–Crippen MR) is 81.5 cm³/mol. The number of thioether (sulfide) groups is 1. The molecule has 106 valence electrons. The van der Waals surface area contributed by atoms with Crippen molar-refractivity contribution in [1.29, 1.82) is 0 Å². The monoisotopic (exact) mass is 301 g/mol. The Morgan fingerprint density at radius 2 is 2.26 bits per heavy atom. The first kappa shape index (κ1) is 14.8. The van der Waals surface area contributed by atoms with E-state index in [0.29, 0.717) is 16.8 Å². The molecule has 5 heteroatoms. The summed E-state index contributed by atoms with van der Waals surface area (Å²) in [5, 5.41) is 4.13. The lowest BCUT2D eigenvalue weighted by molar-refractivity contribution is 0.174. The van der Waals surface area contributed by atoms with E-state index < -0.39 is 0 Å². The van der Waals surface area contributed by atoms with Crippen LogP contribution in [0.4, 0.5) is 0 Å². The predicted octanol–water partition coefficient (Wildman–Crippen LogP) is 3.69. The number of nitrogens with one attached hydrogen (secondary N) is 1. The van der Waals surface area contributed by atoms with Crippen molar-refractivity contribution in [3.63, 3.8) is 0 Å². The Balaban J connectivity index is 1.84. The van der Waals surface area contributed by atoms with Crippen LogP contribution in [0.5, 0.6) is 11.5 Å². The van der Waals surface area contributed by atoms with Crippen LogP contribution in [-0.2, 0) is 6.54 Å². The molecule has 0 aliphatic carbocycles. The second-order valence-corrected chi connectivity index (χ2v) is 6.38. The molecule has 0 aromatic heterocycles. The summed E-state index contributed by atoms with van der Waals surface area (Å²) < 4.78 is 10.7. The molecule has 0 radical (unpaired) electrons. The molecule has 3 nitrogen and oxygen atoms in total. The Labute approximate surface area is 124 Å². The third-order valence-electron chi connectivity index (χ3n) is 3.04. The molecule has 19 heavy (non-hydrogen) atoms. The third-order valence-corrected chi connectivity index (χ3v) is 4.25. The van der Waals surface area contributed by atoms with Gasteiger partial charge in [-0.05, 0) is 42.5 Å². The van der Waals surface area contributed by atoms with Gasteiger partial charge in [-0.2, -0.15) is 11.8 Å². The summed E-state index contributed by atoms with van der Waals surface area (Å²) >= 11 is 8.14. The lowest BCUT2D eigenvalue weighted by atomic mass is 10.2. The number of rotatable bonds is 7. The molecule has 0 spiro atoms. The van der Waals surface area contributed by atoms with Crippen molar-refractivity contribution < 1.29 is 9.47 Å². The van der Waals surface area contributed by atoms with Crippen molar-refractivity contribution in [3.8, 4) is 11.5 Å². The first-order valence-corrected chi connectivity index (χ1v) is 8.13. The Morgan fingerprint density at radius 3 is 3.05 bits per heavy atom. The quantitative estimate of drug-likeness (QED) is 0.778. The van der Waals surface area contributed by atoms with Gasteiger partial charge in [0.05, 0.1) is 5.02 Å². The average Bonchev–Trinajstić information content (AvgIpc) is 2.85. The van der Waals surface area contributed by atoms with Crippen LogP contribution >= 0.6 is 23.4 Å². The van der Waals surface area contributed by atoms with Gasteiger partial charge in [0, 0.05) is 12.6 Å².